The highest BCUT2D eigenvalue weighted by atomic mass is 19.1. The average Bonchev–Trinajstić information content (AvgIpc) is 3.20. The zero-order valence-corrected chi connectivity index (χ0v) is 15.2. The SMILES string of the molecule is O=C(Cn1nnc2c(cnn2-c2ccc(F)cc2)c1=O)NNC(=O)c1ccncc1. The van der Waals surface area contributed by atoms with E-state index >= 15 is 0 Å². The number of hydrogen-bond donors (Lipinski definition) is 2. The summed E-state index contributed by atoms with van der Waals surface area (Å²) < 4.78 is 15.3. The minimum Gasteiger partial charge on any atom is -0.271 e. The Morgan fingerprint density at radius 1 is 1.03 bits per heavy atom. The number of carbonyl (C=O) groups is 2. The number of hydrazine groups is 1. The summed E-state index contributed by atoms with van der Waals surface area (Å²) in [5, 5.41) is 11.9. The zero-order chi connectivity index (χ0) is 21.1. The molecule has 2 N–H and O–H groups in total. The van der Waals surface area contributed by atoms with E-state index in [2.05, 4.69) is 31.2 Å². The van der Waals surface area contributed by atoms with Crippen LogP contribution in [0.2, 0.25) is 0 Å². The van der Waals surface area contributed by atoms with E-state index in [4.69, 9.17) is 0 Å². The van der Waals surface area contributed by atoms with E-state index in [-0.39, 0.29) is 11.0 Å². The molecule has 0 aliphatic rings. The van der Waals surface area contributed by atoms with Crippen LogP contribution in [0.5, 0.6) is 0 Å². The number of pyridine rings is 1. The second-order valence-corrected chi connectivity index (χ2v) is 6.06. The number of nitrogens with zero attached hydrogens (tertiary/aromatic N) is 6. The number of aromatic nitrogens is 6. The first kappa shape index (κ1) is 18.9. The summed E-state index contributed by atoms with van der Waals surface area (Å²) in [7, 11) is 0. The maximum Gasteiger partial charge on any atom is 0.281 e. The lowest BCUT2D eigenvalue weighted by Crippen LogP contribution is -2.44. The fourth-order valence-electron chi connectivity index (χ4n) is 2.62. The van der Waals surface area contributed by atoms with Crippen LogP contribution in [0.3, 0.4) is 0 Å². The molecule has 0 saturated carbocycles. The molecule has 0 saturated heterocycles. The molecule has 0 atom stereocenters. The maximum absolute atomic E-state index is 13.1. The molecule has 30 heavy (non-hydrogen) atoms. The Kier molecular flexibility index (Phi) is 4.95. The second-order valence-electron chi connectivity index (χ2n) is 6.06. The van der Waals surface area contributed by atoms with Crippen LogP contribution in [0.15, 0.2) is 59.8 Å². The van der Waals surface area contributed by atoms with Gasteiger partial charge in [0.15, 0.2) is 5.65 Å². The highest BCUT2D eigenvalue weighted by Crippen LogP contribution is 2.13. The summed E-state index contributed by atoms with van der Waals surface area (Å²) in [4.78, 5) is 40.4. The van der Waals surface area contributed by atoms with Gasteiger partial charge in [-0.3, -0.25) is 30.2 Å². The summed E-state index contributed by atoms with van der Waals surface area (Å²) in [6.07, 6.45) is 4.16. The first-order valence-corrected chi connectivity index (χ1v) is 8.59. The van der Waals surface area contributed by atoms with E-state index < -0.39 is 29.7 Å². The fraction of sp³-hybridized carbons (Fsp3) is 0.0556. The van der Waals surface area contributed by atoms with Gasteiger partial charge in [0, 0.05) is 18.0 Å². The molecular formula is C18H13FN8O3. The number of hydrogen-bond acceptors (Lipinski definition) is 7. The molecular weight excluding hydrogens is 395 g/mol. The van der Waals surface area contributed by atoms with Crippen molar-refractivity contribution in [1.82, 2.24) is 40.6 Å². The number of carbonyl (C=O) groups excluding carboxylic acids is 2. The summed E-state index contributed by atoms with van der Waals surface area (Å²) in [5.74, 6) is -1.63. The molecule has 0 spiro atoms. The topological polar surface area (TPSA) is 137 Å². The lowest BCUT2D eigenvalue weighted by molar-refractivity contribution is -0.122. The predicted octanol–water partition coefficient (Wildman–Crippen LogP) is -0.0275. The normalized spacial score (nSPS) is 10.7. The van der Waals surface area contributed by atoms with E-state index in [9.17, 15) is 18.8 Å². The molecule has 4 rings (SSSR count). The number of benzene rings is 1. The largest absolute Gasteiger partial charge is 0.281 e. The smallest absolute Gasteiger partial charge is 0.271 e. The Morgan fingerprint density at radius 2 is 1.77 bits per heavy atom. The van der Waals surface area contributed by atoms with Gasteiger partial charge in [-0.05, 0) is 36.4 Å². The Hall–Kier alpha value is -4.48. The van der Waals surface area contributed by atoms with Crippen molar-refractivity contribution in [1.29, 1.82) is 0 Å². The Morgan fingerprint density at radius 3 is 2.50 bits per heavy atom. The van der Waals surface area contributed by atoms with Gasteiger partial charge in [-0.2, -0.15) is 5.10 Å². The lowest BCUT2D eigenvalue weighted by atomic mass is 10.3. The lowest BCUT2D eigenvalue weighted by Gasteiger charge is -2.08. The van der Waals surface area contributed by atoms with Crippen LogP contribution in [0.1, 0.15) is 10.4 Å². The van der Waals surface area contributed by atoms with Gasteiger partial charge in [0.2, 0.25) is 0 Å². The van der Waals surface area contributed by atoms with Crippen LogP contribution < -0.4 is 16.4 Å². The van der Waals surface area contributed by atoms with Crippen LogP contribution in [0.25, 0.3) is 16.7 Å². The molecule has 2 amide bonds. The molecule has 11 nitrogen and oxygen atoms in total. The van der Waals surface area contributed by atoms with Crippen molar-refractivity contribution in [2.24, 2.45) is 0 Å². The second kappa shape index (κ2) is 7.87. The van der Waals surface area contributed by atoms with E-state index in [0.29, 0.717) is 11.3 Å². The fourth-order valence-corrected chi connectivity index (χ4v) is 2.62. The first-order chi connectivity index (χ1) is 14.5. The van der Waals surface area contributed by atoms with Crippen molar-refractivity contribution in [3.05, 3.63) is 76.7 Å². The van der Waals surface area contributed by atoms with Crippen LogP contribution in [-0.2, 0) is 11.3 Å². The van der Waals surface area contributed by atoms with E-state index in [1.165, 1.54) is 59.7 Å². The highest BCUT2D eigenvalue weighted by Gasteiger charge is 2.15. The number of rotatable bonds is 4. The number of halogens is 1. The van der Waals surface area contributed by atoms with Crippen molar-refractivity contribution in [3.63, 3.8) is 0 Å². The van der Waals surface area contributed by atoms with E-state index in [1.807, 2.05) is 0 Å². The first-order valence-electron chi connectivity index (χ1n) is 8.59. The van der Waals surface area contributed by atoms with Crippen molar-refractivity contribution in [3.8, 4) is 5.69 Å². The third-order valence-corrected chi connectivity index (χ3v) is 4.08. The third-order valence-electron chi connectivity index (χ3n) is 4.08. The summed E-state index contributed by atoms with van der Waals surface area (Å²) in [6.45, 7) is -0.472. The quantitative estimate of drug-likeness (QED) is 0.453. The average molecular weight is 408 g/mol. The molecule has 0 fully saturated rings. The van der Waals surface area contributed by atoms with Crippen molar-refractivity contribution >= 4 is 22.8 Å². The van der Waals surface area contributed by atoms with Crippen LogP contribution in [-0.4, -0.2) is 41.6 Å². The summed E-state index contributed by atoms with van der Waals surface area (Å²) in [5.41, 5.74) is 4.79. The van der Waals surface area contributed by atoms with Gasteiger partial charge in [-0.1, -0.05) is 5.21 Å². The van der Waals surface area contributed by atoms with Gasteiger partial charge >= 0.3 is 0 Å². The van der Waals surface area contributed by atoms with Crippen LogP contribution in [0, 0.1) is 5.82 Å². The van der Waals surface area contributed by atoms with Crippen molar-refractivity contribution in [2.45, 2.75) is 6.54 Å². The van der Waals surface area contributed by atoms with Gasteiger partial charge < -0.3 is 0 Å². The molecule has 0 radical (unpaired) electrons. The molecule has 3 heterocycles. The molecule has 150 valence electrons. The molecule has 3 aromatic heterocycles. The Balaban J connectivity index is 1.49. The van der Waals surface area contributed by atoms with E-state index in [0.717, 1.165) is 4.68 Å². The summed E-state index contributed by atoms with van der Waals surface area (Å²) in [6, 6.07) is 8.42. The third kappa shape index (κ3) is 3.73. The summed E-state index contributed by atoms with van der Waals surface area (Å²) >= 11 is 0. The molecule has 0 unspecified atom stereocenters. The van der Waals surface area contributed by atoms with Crippen LogP contribution >= 0.6 is 0 Å². The monoisotopic (exact) mass is 408 g/mol. The Bertz CT molecular complexity index is 1280. The number of amides is 2. The van der Waals surface area contributed by atoms with Crippen molar-refractivity contribution in [2.75, 3.05) is 0 Å². The highest BCUT2D eigenvalue weighted by molar-refractivity contribution is 5.95. The molecule has 4 aromatic rings. The van der Waals surface area contributed by atoms with E-state index in [1.54, 1.807) is 0 Å². The standard InChI is InChI=1S/C18H13FN8O3/c19-12-1-3-13(4-2-12)27-16-14(9-21-27)18(30)26(25-23-16)10-15(28)22-24-17(29)11-5-7-20-8-6-11/h1-9H,10H2,(H,22,28)(H,24,29). The number of nitrogens with one attached hydrogen (secondary N) is 2. The molecule has 1 aromatic carbocycles. The Labute approximate surface area is 167 Å². The maximum atomic E-state index is 13.1. The van der Waals surface area contributed by atoms with Gasteiger partial charge in [-0.15, -0.1) is 5.10 Å². The van der Waals surface area contributed by atoms with Crippen LogP contribution in [0.4, 0.5) is 4.39 Å². The van der Waals surface area contributed by atoms with Gasteiger partial charge in [0.05, 0.1) is 11.9 Å². The zero-order valence-electron chi connectivity index (χ0n) is 15.2. The molecule has 0 aliphatic heterocycles. The number of fused-ring (bicyclic) bond motifs is 1. The molecule has 12 heteroatoms. The minimum atomic E-state index is -0.681. The predicted molar refractivity (Wildman–Crippen MR) is 101 cm³/mol. The van der Waals surface area contributed by atoms with Gasteiger partial charge in [-0.25, -0.2) is 13.8 Å². The van der Waals surface area contributed by atoms with Gasteiger partial charge in [0.25, 0.3) is 17.4 Å². The minimum absolute atomic E-state index is 0.128. The molecule has 0 aliphatic carbocycles. The van der Waals surface area contributed by atoms with Crippen molar-refractivity contribution < 1.29 is 14.0 Å². The molecule has 0 bridgehead atoms. The van der Waals surface area contributed by atoms with Gasteiger partial charge in [0.1, 0.15) is 17.7 Å².